The standard InChI is InChI=1S/C11H16S2/c1-7-8(2)10(5-12)4-11(6-13)9(7)3/h4,12-13H,5-6H2,1-3H3. The summed E-state index contributed by atoms with van der Waals surface area (Å²) in [7, 11) is 0. The summed E-state index contributed by atoms with van der Waals surface area (Å²) in [5, 5.41) is 0. The van der Waals surface area contributed by atoms with Crippen LogP contribution in [0.15, 0.2) is 6.07 Å². The highest BCUT2D eigenvalue weighted by atomic mass is 32.1. The molecular weight excluding hydrogens is 196 g/mol. The number of hydrogen-bond donors (Lipinski definition) is 2. The van der Waals surface area contributed by atoms with Crippen molar-refractivity contribution in [1.82, 2.24) is 0 Å². The SMILES string of the molecule is Cc1c(CS)cc(CS)c(C)c1C. The Morgan fingerprint density at radius 2 is 1.23 bits per heavy atom. The highest BCUT2D eigenvalue weighted by molar-refractivity contribution is 7.79. The third-order valence-corrected chi connectivity index (χ3v) is 3.46. The molecule has 0 aliphatic carbocycles. The van der Waals surface area contributed by atoms with E-state index in [9.17, 15) is 0 Å². The first kappa shape index (κ1) is 11.0. The van der Waals surface area contributed by atoms with E-state index in [0.717, 1.165) is 11.5 Å². The minimum atomic E-state index is 0.813. The van der Waals surface area contributed by atoms with Crippen molar-refractivity contribution >= 4 is 25.3 Å². The molecule has 0 nitrogen and oxygen atoms in total. The Hall–Kier alpha value is -0.0800. The Morgan fingerprint density at radius 1 is 0.846 bits per heavy atom. The number of benzene rings is 1. The minimum absolute atomic E-state index is 0.813. The van der Waals surface area contributed by atoms with Crippen LogP contribution in [0.4, 0.5) is 0 Å². The summed E-state index contributed by atoms with van der Waals surface area (Å²) in [5.41, 5.74) is 6.79. The number of thiol groups is 2. The van der Waals surface area contributed by atoms with Crippen molar-refractivity contribution in [2.24, 2.45) is 0 Å². The van der Waals surface area contributed by atoms with Crippen LogP contribution in [-0.4, -0.2) is 0 Å². The normalized spacial score (nSPS) is 10.5. The molecule has 13 heavy (non-hydrogen) atoms. The Balaban J connectivity index is 3.36. The largest absolute Gasteiger partial charge is 0.175 e. The summed E-state index contributed by atoms with van der Waals surface area (Å²) in [6.45, 7) is 6.50. The topological polar surface area (TPSA) is 0 Å². The molecule has 0 spiro atoms. The lowest BCUT2D eigenvalue weighted by Crippen LogP contribution is -1.97. The van der Waals surface area contributed by atoms with Crippen molar-refractivity contribution in [2.75, 3.05) is 0 Å². The molecule has 0 atom stereocenters. The van der Waals surface area contributed by atoms with Gasteiger partial charge in [0.05, 0.1) is 0 Å². The molecule has 72 valence electrons. The lowest BCUT2D eigenvalue weighted by molar-refractivity contribution is 1.16. The molecule has 0 radical (unpaired) electrons. The summed E-state index contributed by atoms with van der Waals surface area (Å²) in [6, 6.07) is 2.22. The van der Waals surface area contributed by atoms with E-state index in [1.165, 1.54) is 27.8 Å². The quantitative estimate of drug-likeness (QED) is 0.689. The summed E-state index contributed by atoms with van der Waals surface area (Å²) in [4.78, 5) is 0. The molecule has 0 amide bonds. The van der Waals surface area contributed by atoms with Gasteiger partial charge in [0, 0.05) is 11.5 Å². The summed E-state index contributed by atoms with van der Waals surface area (Å²) < 4.78 is 0. The van der Waals surface area contributed by atoms with Crippen molar-refractivity contribution in [2.45, 2.75) is 32.3 Å². The van der Waals surface area contributed by atoms with Crippen LogP contribution in [0.25, 0.3) is 0 Å². The van der Waals surface area contributed by atoms with Gasteiger partial charge in [-0.1, -0.05) is 6.07 Å². The maximum atomic E-state index is 4.32. The maximum Gasteiger partial charge on any atom is 0.0157 e. The van der Waals surface area contributed by atoms with Gasteiger partial charge in [-0.15, -0.1) is 0 Å². The minimum Gasteiger partial charge on any atom is -0.175 e. The first-order valence-electron chi connectivity index (χ1n) is 4.42. The fraction of sp³-hybridized carbons (Fsp3) is 0.455. The van der Waals surface area contributed by atoms with Gasteiger partial charge < -0.3 is 0 Å². The lowest BCUT2D eigenvalue weighted by Gasteiger charge is -2.13. The zero-order chi connectivity index (χ0) is 10.0. The lowest BCUT2D eigenvalue weighted by atomic mass is 9.95. The van der Waals surface area contributed by atoms with E-state index in [-0.39, 0.29) is 0 Å². The molecule has 0 fully saturated rings. The van der Waals surface area contributed by atoms with Crippen molar-refractivity contribution < 1.29 is 0 Å². The molecule has 0 aromatic heterocycles. The first-order chi connectivity index (χ1) is 6.11. The molecule has 0 N–H and O–H groups in total. The second-order valence-corrected chi connectivity index (χ2v) is 4.02. The van der Waals surface area contributed by atoms with Gasteiger partial charge in [-0.2, -0.15) is 25.3 Å². The van der Waals surface area contributed by atoms with Crippen LogP contribution in [0.5, 0.6) is 0 Å². The van der Waals surface area contributed by atoms with Gasteiger partial charge in [-0.3, -0.25) is 0 Å². The smallest absolute Gasteiger partial charge is 0.0157 e. The average molecular weight is 212 g/mol. The van der Waals surface area contributed by atoms with Crippen LogP contribution in [0.1, 0.15) is 27.8 Å². The van der Waals surface area contributed by atoms with Gasteiger partial charge in [-0.25, -0.2) is 0 Å². The second kappa shape index (κ2) is 4.43. The van der Waals surface area contributed by atoms with E-state index in [0.29, 0.717) is 0 Å². The van der Waals surface area contributed by atoms with Crippen LogP contribution in [0.3, 0.4) is 0 Å². The van der Waals surface area contributed by atoms with Crippen LogP contribution < -0.4 is 0 Å². The molecule has 0 bridgehead atoms. The van der Waals surface area contributed by atoms with Crippen molar-refractivity contribution in [3.05, 3.63) is 33.9 Å². The van der Waals surface area contributed by atoms with E-state index in [1.807, 2.05) is 0 Å². The predicted octanol–water partition coefficient (Wildman–Crippen LogP) is 3.47. The Bertz CT molecular complexity index is 288. The molecular formula is C11H16S2. The average Bonchev–Trinajstić information content (AvgIpc) is 2.15. The Labute approximate surface area is 91.6 Å². The van der Waals surface area contributed by atoms with E-state index >= 15 is 0 Å². The van der Waals surface area contributed by atoms with Gasteiger partial charge in [0.25, 0.3) is 0 Å². The predicted molar refractivity (Wildman–Crippen MR) is 66.0 cm³/mol. The van der Waals surface area contributed by atoms with E-state index in [4.69, 9.17) is 0 Å². The molecule has 1 aromatic carbocycles. The monoisotopic (exact) mass is 212 g/mol. The fourth-order valence-electron chi connectivity index (χ4n) is 1.52. The van der Waals surface area contributed by atoms with Gasteiger partial charge in [0.1, 0.15) is 0 Å². The van der Waals surface area contributed by atoms with E-state index in [1.54, 1.807) is 0 Å². The number of rotatable bonds is 2. The van der Waals surface area contributed by atoms with Crippen LogP contribution in [-0.2, 0) is 11.5 Å². The highest BCUT2D eigenvalue weighted by Crippen LogP contribution is 2.23. The third-order valence-electron chi connectivity index (χ3n) is 2.78. The summed E-state index contributed by atoms with van der Waals surface area (Å²) in [6.07, 6.45) is 0. The fourth-order valence-corrected chi connectivity index (χ4v) is 2.18. The third kappa shape index (κ3) is 2.05. The van der Waals surface area contributed by atoms with Gasteiger partial charge in [-0.05, 0) is 48.6 Å². The first-order valence-corrected chi connectivity index (χ1v) is 5.68. The zero-order valence-electron chi connectivity index (χ0n) is 8.39. The molecule has 0 saturated carbocycles. The van der Waals surface area contributed by atoms with Crippen molar-refractivity contribution in [3.8, 4) is 0 Å². The van der Waals surface area contributed by atoms with E-state index < -0.39 is 0 Å². The Morgan fingerprint density at radius 3 is 1.54 bits per heavy atom. The molecule has 1 rings (SSSR count). The van der Waals surface area contributed by atoms with Gasteiger partial charge >= 0.3 is 0 Å². The maximum absolute atomic E-state index is 4.32. The van der Waals surface area contributed by atoms with Crippen LogP contribution in [0, 0.1) is 20.8 Å². The molecule has 2 heteroatoms. The molecule has 1 aromatic rings. The molecule has 0 heterocycles. The summed E-state index contributed by atoms with van der Waals surface area (Å²) in [5.74, 6) is 1.63. The summed E-state index contributed by atoms with van der Waals surface area (Å²) >= 11 is 8.65. The Kier molecular flexibility index (Phi) is 3.74. The van der Waals surface area contributed by atoms with E-state index in [2.05, 4.69) is 52.1 Å². The van der Waals surface area contributed by atoms with Gasteiger partial charge in [0.2, 0.25) is 0 Å². The van der Waals surface area contributed by atoms with Crippen LogP contribution >= 0.6 is 25.3 Å². The molecule has 0 unspecified atom stereocenters. The molecule has 0 aliphatic rings. The van der Waals surface area contributed by atoms with Crippen LogP contribution in [0.2, 0.25) is 0 Å². The van der Waals surface area contributed by atoms with Gasteiger partial charge in [0.15, 0.2) is 0 Å². The molecule has 0 saturated heterocycles. The number of hydrogen-bond acceptors (Lipinski definition) is 2. The van der Waals surface area contributed by atoms with Crippen molar-refractivity contribution in [1.29, 1.82) is 0 Å². The molecule has 0 aliphatic heterocycles. The van der Waals surface area contributed by atoms with Crippen molar-refractivity contribution in [3.63, 3.8) is 0 Å². The second-order valence-electron chi connectivity index (χ2n) is 3.39. The highest BCUT2D eigenvalue weighted by Gasteiger charge is 2.06. The zero-order valence-corrected chi connectivity index (χ0v) is 10.2.